The predicted molar refractivity (Wildman–Crippen MR) is 92.9 cm³/mol. The minimum Gasteiger partial charge on any atom is -0.394 e. The first-order chi connectivity index (χ1) is 11.7. The van der Waals surface area contributed by atoms with Gasteiger partial charge in [0.1, 0.15) is 5.82 Å². The smallest absolute Gasteiger partial charge is 0.225 e. The second-order valence-corrected chi connectivity index (χ2v) is 5.94. The van der Waals surface area contributed by atoms with Gasteiger partial charge in [-0.05, 0) is 31.9 Å². The van der Waals surface area contributed by atoms with Gasteiger partial charge in [-0.15, -0.1) is 0 Å². The van der Waals surface area contributed by atoms with E-state index in [1.54, 1.807) is 12.4 Å². The Labute approximate surface area is 141 Å². The van der Waals surface area contributed by atoms with Gasteiger partial charge in [0.2, 0.25) is 5.95 Å². The number of aromatic nitrogens is 3. The molecule has 1 fully saturated rings. The van der Waals surface area contributed by atoms with Crippen molar-refractivity contribution in [3.8, 4) is 11.3 Å². The number of aliphatic hydroxyl groups is 1. The molecule has 3 rings (SSSR count). The Morgan fingerprint density at radius 3 is 2.88 bits per heavy atom. The lowest BCUT2D eigenvalue weighted by Crippen LogP contribution is -2.22. The van der Waals surface area contributed by atoms with Crippen LogP contribution in [0.5, 0.6) is 0 Å². The number of hydrogen-bond donors (Lipinski definition) is 3. The average molecular weight is 329 g/mol. The zero-order valence-electron chi connectivity index (χ0n) is 13.8. The van der Waals surface area contributed by atoms with Gasteiger partial charge < -0.3 is 20.5 Å². The Kier molecular flexibility index (Phi) is 5.55. The van der Waals surface area contributed by atoms with E-state index in [9.17, 15) is 5.11 Å². The quantitative estimate of drug-likeness (QED) is 0.714. The van der Waals surface area contributed by atoms with Crippen LogP contribution in [-0.2, 0) is 4.74 Å². The minimum atomic E-state index is -0.122. The van der Waals surface area contributed by atoms with Crippen LogP contribution in [0.4, 0.5) is 11.8 Å². The molecule has 7 heteroatoms. The van der Waals surface area contributed by atoms with E-state index in [1.807, 2.05) is 25.1 Å². The van der Waals surface area contributed by atoms with Crippen LogP contribution in [0.3, 0.4) is 0 Å². The molecule has 0 amide bonds. The number of aliphatic hydroxyl groups excluding tert-OH is 1. The molecule has 24 heavy (non-hydrogen) atoms. The van der Waals surface area contributed by atoms with E-state index >= 15 is 0 Å². The summed E-state index contributed by atoms with van der Waals surface area (Å²) in [6.45, 7) is 3.45. The number of pyridine rings is 1. The monoisotopic (exact) mass is 329 g/mol. The maximum atomic E-state index is 9.24. The number of nitrogens with one attached hydrogen (secondary N) is 2. The highest BCUT2D eigenvalue weighted by molar-refractivity contribution is 5.63. The normalized spacial score (nSPS) is 18.3. The standard InChI is InChI=1S/C17H23N5O2/c1-12(11-23)20-17-21-15(13-4-6-18-7-5-13)9-16(22-17)19-10-14-3-2-8-24-14/h4-7,9,12,14,23H,2-3,8,10-11H2,1H3,(H2,19,20,21,22)/t12-,14-/m0/s1. The van der Waals surface area contributed by atoms with Gasteiger partial charge in [-0.3, -0.25) is 4.98 Å². The molecule has 3 N–H and O–H groups in total. The molecule has 0 bridgehead atoms. The first-order valence-corrected chi connectivity index (χ1v) is 8.27. The molecule has 0 radical (unpaired) electrons. The molecule has 0 aliphatic carbocycles. The Morgan fingerprint density at radius 1 is 1.33 bits per heavy atom. The van der Waals surface area contributed by atoms with Gasteiger partial charge in [0.15, 0.2) is 0 Å². The van der Waals surface area contributed by atoms with Crippen LogP contribution < -0.4 is 10.6 Å². The van der Waals surface area contributed by atoms with Gasteiger partial charge in [0.25, 0.3) is 0 Å². The van der Waals surface area contributed by atoms with Gasteiger partial charge in [-0.25, -0.2) is 4.98 Å². The zero-order chi connectivity index (χ0) is 16.8. The van der Waals surface area contributed by atoms with Gasteiger partial charge >= 0.3 is 0 Å². The van der Waals surface area contributed by atoms with Crippen molar-refractivity contribution in [1.29, 1.82) is 0 Å². The van der Waals surface area contributed by atoms with Crippen LogP contribution in [0, 0.1) is 0 Å². The maximum Gasteiger partial charge on any atom is 0.225 e. The summed E-state index contributed by atoms with van der Waals surface area (Å²) in [5, 5.41) is 15.7. The molecule has 1 saturated heterocycles. The van der Waals surface area contributed by atoms with Crippen LogP contribution in [0.15, 0.2) is 30.6 Å². The molecule has 128 valence electrons. The average Bonchev–Trinajstić information content (AvgIpc) is 3.14. The van der Waals surface area contributed by atoms with Crippen molar-refractivity contribution >= 4 is 11.8 Å². The first-order valence-electron chi connectivity index (χ1n) is 8.27. The molecule has 0 spiro atoms. The predicted octanol–water partition coefficient (Wildman–Crippen LogP) is 1.92. The Morgan fingerprint density at radius 2 is 2.17 bits per heavy atom. The summed E-state index contributed by atoms with van der Waals surface area (Å²) in [6.07, 6.45) is 5.89. The zero-order valence-corrected chi connectivity index (χ0v) is 13.8. The van der Waals surface area contributed by atoms with E-state index in [0.29, 0.717) is 5.95 Å². The SMILES string of the molecule is C[C@@H](CO)Nc1nc(NC[C@@H]2CCCO2)cc(-c2ccncc2)n1. The van der Waals surface area contributed by atoms with Gasteiger partial charge in [0.05, 0.1) is 18.4 Å². The molecule has 1 aliphatic heterocycles. The molecule has 2 atom stereocenters. The molecule has 2 aromatic heterocycles. The van der Waals surface area contributed by atoms with Gasteiger partial charge in [-0.2, -0.15) is 4.98 Å². The number of hydrogen-bond acceptors (Lipinski definition) is 7. The summed E-state index contributed by atoms with van der Waals surface area (Å²) >= 11 is 0. The van der Waals surface area contributed by atoms with Crippen molar-refractivity contribution in [2.45, 2.75) is 31.9 Å². The fraction of sp³-hybridized carbons (Fsp3) is 0.471. The molecule has 0 saturated carbocycles. The van der Waals surface area contributed by atoms with E-state index < -0.39 is 0 Å². The number of anilines is 2. The van der Waals surface area contributed by atoms with Crippen molar-refractivity contribution in [2.75, 3.05) is 30.4 Å². The minimum absolute atomic E-state index is 0.0154. The van der Waals surface area contributed by atoms with Crippen molar-refractivity contribution in [3.63, 3.8) is 0 Å². The van der Waals surface area contributed by atoms with Crippen LogP contribution in [0.1, 0.15) is 19.8 Å². The second kappa shape index (κ2) is 8.03. The molecule has 7 nitrogen and oxygen atoms in total. The topological polar surface area (TPSA) is 92.2 Å². The third-order valence-corrected chi connectivity index (χ3v) is 3.89. The summed E-state index contributed by atoms with van der Waals surface area (Å²) in [6, 6.07) is 5.61. The van der Waals surface area contributed by atoms with Crippen LogP contribution >= 0.6 is 0 Å². The Bertz CT molecular complexity index is 647. The maximum absolute atomic E-state index is 9.24. The number of ether oxygens (including phenoxy) is 1. The lowest BCUT2D eigenvalue weighted by Gasteiger charge is -2.15. The second-order valence-electron chi connectivity index (χ2n) is 5.94. The van der Waals surface area contributed by atoms with E-state index in [0.717, 1.165) is 43.1 Å². The molecule has 3 heterocycles. The van der Waals surface area contributed by atoms with Crippen molar-refractivity contribution in [2.24, 2.45) is 0 Å². The molecular weight excluding hydrogens is 306 g/mol. The van der Waals surface area contributed by atoms with Crippen molar-refractivity contribution in [1.82, 2.24) is 15.0 Å². The van der Waals surface area contributed by atoms with E-state index in [2.05, 4.69) is 25.6 Å². The Balaban J connectivity index is 1.81. The summed E-state index contributed by atoms with van der Waals surface area (Å²) in [5.74, 6) is 1.22. The van der Waals surface area contributed by atoms with E-state index in [-0.39, 0.29) is 18.8 Å². The van der Waals surface area contributed by atoms with Crippen LogP contribution in [-0.4, -0.2) is 52.0 Å². The number of nitrogens with zero attached hydrogens (tertiary/aromatic N) is 3. The highest BCUT2D eigenvalue weighted by atomic mass is 16.5. The molecule has 0 unspecified atom stereocenters. The highest BCUT2D eigenvalue weighted by Crippen LogP contribution is 2.22. The third-order valence-electron chi connectivity index (χ3n) is 3.89. The Hall–Kier alpha value is -2.25. The first kappa shape index (κ1) is 16.6. The third kappa shape index (κ3) is 4.39. The molecule has 1 aliphatic rings. The largest absolute Gasteiger partial charge is 0.394 e. The fourth-order valence-electron chi connectivity index (χ4n) is 2.56. The van der Waals surface area contributed by atoms with Gasteiger partial charge in [-0.1, -0.05) is 0 Å². The molecule has 0 aromatic carbocycles. The summed E-state index contributed by atoms with van der Waals surface area (Å²) < 4.78 is 5.64. The lowest BCUT2D eigenvalue weighted by molar-refractivity contribution is 0.120. The van der Waals surface area contributed by atoms with Crippen molar-refractivity contribution in [3.05, 3.63) is 30.6 Å². The summed E-state index contributed by atoms with van der Waals surface area (Å²) in [4.78, 5) is 13.1. The van der Waals surface area contributed by atoms with Crippen LogP contribution in [0.2, 0.25) is 0 Å². The van der Waals surface area contributed by atoms with Crippen molar-refractivity contribution < 1.29 is 9.84 Å². The summed E-state index contributed by atoms with van der Waals surface area (Å²) in [5.41, 5.74) is 1.77. The van der Waals surface area contributed by atoms with Crippen LogP contribution in [0.25, 0.3) is 11.3 Å². The van der Waals surface area contributed by atoms with Gasteiger partial charge in [0, 0.05) is 43.2 Å². The van der Waals surface area contributed by atoms with E-state index in [4.69, 9.17) is 4.74 Å². The highest BCUT2D eigenvalue weighted by Gasteiger charge is 2.16. The van der Waals surface area contributed by atoms with E-state index in [1.165, 1.54) is 0 Å². The lowest BCUT2D eigenvalue weighted by atomic mass is 10.2. The summed E-state index contributed by atoms with van der Waals surface area (Å²) in [7, 11) is 0. The molecular formula is C17H23N5O2. The fourth-order valence-corrected chi connectivity index (χ4v) is 2.56. The number of rotatable bonds is 7. The molecule has 2 aromatic rings.